The van der Waals surface area contributed by atoms with Gasteiger partial charge in [0.05, 0.1) is 51.0 Å². The molecular weight excluding hydrogens is 645 g/mol. The number of nitrogens with zero attached hydrogens (tertiary/aromatic N) is 4. The highest BCUT2D eigenvalue weighted by atomic mass is 15.0. The van der Waals surface area contributed by atoms with E-state index in [1.54, 1.807) is 0 Å². The minimum absolute atomic E-state index is 0.590. The average Bonchev–Trinajstić information content (AvgIpc) is 3.65. The van der Waals surface area contributed by atoms with Gasteiger partial charge in [0.25, 0.3) is 0 Å². The summed E-state index contributed by atoms with van der Waals surface area (Å²) in [5.74, 6) is 0. The van der Waals surface area contributed by atoms with Crippen molar-refractivity contribution < 1.29 is 0 Å². The highest BCUT2D eigenvalue weighted by Gasteiger charge is 2.21. The predicted molar refractivity (Wildman–Crippen MR) is 219 cm³/mol. The van der Waals surface area contributed by atoms with E-state index in [0.29, 0.717) is 11.1 Å². The molecule has 53 heavy (non-hydrogen) atoms. The number of hydrogen-bond donors (Lipinski definition) is 0. The molecule has 0 fully saturated rings. The van der Waals surface area contributed by atoms with Gasteiger partial charge in [-0.25, -0.2) is 0 Å². The van der Waals surface area contributed by atoms with Crippen molar-refractivity contribution in [2.45, 2.75) is 34.6 Å². The number of benzene rings is 7. The van der Waals surface area contributed by atoms with Crippen molar-refractivity contribution in [2.75, 3.05) is 0 Å². The molecule has 0 spiro atoms. The van der Waals surface area contributed by atoms with Crippen LogP contribution in [0.25, 0.3) is 77.2 Å². The van der Waals surface area contributed by atoms with Gasteiger partial charge in [-0.05, 0) is 148 Å². The molecule has 2 aromatic heterocycles. The van der Waals surface area contributed by atoms with Crippen LogP contribution in [0.4, 0.5) is 0 Å². The van der Waals surface area contributed by atoms with Gasteiger partial charge in [-0.3, -0.25) is 0 Å². The third-order valence-electron chi connectivity index (χ3n) is 10.7. The van der Waals surface area contributed by atoms with Gasteiger partial charge >= 0.3 is 0 Å². The van der Waals surface area contributed by atoms with Crippen molar-refractivity contribution in [3.05, 3.63) is 166 Å². The van der Waals surface area contributed by atoms with Crippen molar-refractivity contribution in [1.29, 1.82) is 10.5 Å². The third kappa shape index (κ3) is 5.11. The fourth-order valence-corrected chi connectivity index (χ4v) is 8.22. The smallest absolute Gasteiger partial charge is 0.0991 e. The van der Waals surface area contributed by atoms with Gasteiger partial charge in [0.1, 0.15) is 0 Å². The lowest BCUT2D eigenvalue weighted by Gasteiger charge is -2.20. The summed E-state index contributed by atoms with van der Waals surface area (Å²) >= 11 is 0. The summed E-state index contributed by atoms with van der Waals surface area (Å²) in [5.41, 5.74) is 17.7. The van der Waals surface area contributed by atoms with E-state index in [-0.39, 0.29) is 0 Å². The Labute approximate surface area is 309 Å². The molecule has 0 amide bonds. The zero-order chi connectivity index (χ0) is 36.5. The first-order valence-corrected chi connectivity index (χ1v) is 18.0. The zero-order valence-electron chi connectivity index (χ0n) is 30.4. The van der Waals surface area contributed by atoms with Gasteiger partial charge in [-0.15, -0.1) is 0 Å². The van der Waals surface area contributed by atoms with Gasteiger partial charge in [0.15, 0.2) is 0 Å². The van der Waals surface area contributed by atoms with Gasteiger partial charge in [0.2, 0.25) is 0 Å². The first kappa shape index (κ1) is 32.1. The number of rotatable bonds is 4. The fraction of sp³-hybridized carbons (Fsp3) is 0.102. The van der Waals surface area contributed by atoms with E-state index >= 15 is 0 Å². The lowest BCUT2D eigenvalue weighted by molar-refractivity contribution is 1.17. The first-order chi connectivity index (χ1) is 25.7. The molecular formula is C49H36N4. The Balaban J connectivity index is 1.41. The van der Waals surface area contributed by atoms with Crippen molar-refractivity contribution in [3.8, 4) is 45.8 Å². The molecule has 4 nitrogen and oxygen atoms in total. The molecule has 0 bridgehead atoms. The number of hydrogen-bond acceptors (Lipinski definition) is 2. The second-order valence-corrected chi connectivity index (χ2v) is 14.5. The highest BCUT2D eigenvalue weighted by molar-refractivity contribution is 6.11. The summed E-state index contributed by atoms with van der Waals surface area (Å²) in [6.45, 7) is 10.6. The van der Waals surface area contributed by atoms with Crippen molar-refractivity contribution >= 4 is 43.6 Å². The number of fused-ring (bicyclic) bond motifs is 6. The summed E-state index contributed by atoms with van der Waals surface area (Å²) in [6.07, 6.45) is 0. The minimum atomic E-state index is 0.590. The second kappa shape index (κ2) is 12.1. The molecule has 0 aliphatic heterocycles. The molecule has 0 radical (unpaired) electrons. The molecule has 9 aromatic rings. The maximum absolute atomic E-state index is 10.3. The Kier molecular flexibility index (Phi) is 7.33. The van der Waals surface area contributed by atoms with Crippen LogP contribution in [0, 0.1) is 57.3 Å². The molecule has 4 heteroatoms. The van der Waals surface area contributed by atoms with Gasteiger partial charge < -0.3 is 9.13 Å². The van der Waals surface area contributed by atoms with E-state index in [9.17, 15) is 10.5 Å². The van der Waals surface area contributed by atoms with E-state index in [1.807, 2.05) is 24.3 Å². The summed E-state index contributed by atoms with van der Waals surface area (Å²) < 4.78 is 4.72. The molecule has 9 rings (SSSR count). The van der Waals surface area contributed by atoms with E-state index < -0.39 is 0 Å². The van der Waals surface area contributed by atoms with Crippen LogP contribution in [0.5, 0.6) is 0 Å². The minimum Gasteiger partial charge on any atom is -0.309 e. The molecule has 7 aromatic carbocycles. The Morgan fingerprint density at radius 3 is 1.32 bits per heavy atom. The van der Waals surface area contributed by atoms with Crippen molar-refractivity contribution in [2.24, 2.45) is 0 Å². The summed E-state index contributed by atoms with van der Waals surface area (Å²) in [5, 5.41) is 24.9. The van der Waals surface area contributed by atoms with Crippen LogP contribution >= 0.6 is 0 Å². The lowest BCUT2D eigenvalue weighted by Crippen LogP contribution is -2.01. The van der Waals surface area contributed by atoms with Crippen LogP contribution in [0.15, 0.2) is 127 Å². The van der Waals surface area contributed by atoms with Gasteiger partial charge in [-0.2, -0.15) is 10.5 Å². The van der Waals surface area contributed by atoms with Crippen LogP contribution < -0.4 is 0 Å². The average molecular weight is 681 g/mol. The van der Waals surface area contributed by atoms with Crippen LogP contribution in [0.3, 0.4) is 0 Å². The highest BCUT2D eigenvalue weighted by Crippen LogP contribution is 2.43. The van der Waals surface area contributed by atoms with Gasteiger partial charge in [-0.1, -0.05) is 58.7 Å². The molecule has 0 atom stereocenters. The Morgan fingerprint density at radius 2 is 0.830 bits per heavy atom. The van der Waals surface area contributed by atoms with E-state index in [4.69, 9.17) is 0 Å². The normalized spacial score (nSPS) is 11.5. The number of aryl methyl sites for hydroxylation is 5. The fourth-order valence-electron chi connectivity index (χ4n) is 8.22. The molecule has 0 N–H and O–H groups in total. The van der Waals surface area contributed by atoms with Crippen molar-refractivity contribution in [1.82, 2.24) is 9.13 Å². The maximum Gasteiger partial charge on any atom is 0.0991 e. The first-order valence-electron chi connectivity index (χ1n) is 18.0. The van der Waals surface area contributed by atoms with Crippen LogP contribution in [-0.2, 0) is 0 Å². The SMILES string of the molecule is Cc1ccc2c(c1)c1cc(C)ccc1n2-c1ccc(-c2ccc(C#N)cc2C)c(-c2cc(C#N)ccc2-n2c3ccc(C)cc3c3cc(C)ccc32)c1. The van der Waals surface area contributed by atoms with E-state index in [2.05, 4.69) is 159 Å². The molecule has 0 saturated heterocycles. The summed E-state index contributed by atoms with van der Waals surface area (Å²) in [4.78, 5) is 0. The Morgan fingerprint density at radius 1 is 0.377 bits per heavy atom. The third-order valence-corrected chi connectivity index (χ3v) is 10.7. The molecule has 252 valence electrons. The van der Waals surface area contributed by atoms with Crippen LogP contribution in [0.2, 0.25) is 0 Å². The molecule has 0 aliphatic carbocycles. The Bertz CT molecular complexity index is 2960. The zero-order valence-corrected chi connectivity index (χ0v) is 30.4. The molecule has 2 heterocycles. The number of aromatic nitrogens is 2. The summed E-state index contributed by atoms with van der Waals surface area (Å²) in [7, 11) is 0. The van der Waals surface area contributed by atoms with Crippen LogP contribution in [0.1, 0.15) is 38.9 Å². The molecule has 0 saturated carbocycles. The van der Waals surface area contributed by atoms with E-state index in [0.717, 1.165) is 61.3 Å². The van der Waals surface area contributed by atoms with Crippen LogP contribution in [-0.4, -0.2) is 9.13 Å². The molecule has 0 aliphatic rings. The monoisotopic (exact) mass is 680 g/mol. The summed E-state index contributed by atoms with van der Waals surface area (Å²) in [6, 6.07) is 50.1. The predicted octanol–water partition coefficient (Wildman–Crippen LogP) is 12.5. The lowest BCUT2D eigenvalue weighted by atomic mass is 9.89. The van der Waals surface area contributed by atoms with Crippen molar-refractivity contribution in [3.63, 3.8) is 0 Å². The second-order valence-electron chi connectivity index (χ2n) is 14.5. The topological polar surface area (TPSA) is 57.4 Å². The Hall–Kier alpha value is -6.88. The maximum atomic E-state index is 10.3. The largest absolute Gasteiger partial charge is 0.309 e. The number of nitriles is 2. The standard InChI is InChI=1S/C49H36N4/c1-29-6-15-45-40(20-29)41-21-30(2)7-16-46(41)52(45)36-12-14-38(37-13-10-34(27-50)24-33(37)5)39(26-36)44-25-35(28-51)11-19-49(44)53-47-17-8-31(3)22-42(47)43-23-32(4)9-18-48(43)53/h6-26H,1-5H3. The van der Waals surface area contributed by atoms with E-state index in [1.165, 1.54) is 43.8 Å². The quantitative estimate of drug-likeness (QED) is 0.186. The van der Waals surface area contributed by atoms with Gasteiger partial charge in [0, 0.05) is 32.8 Å². The molecule has 0 unspecified atom stereocenters.